The number of rotatable bonds is 4. The molecule has 1 N–H and O–H groups in total. The quantitative estimate of drug-likeness (QED) is 0.843. The van der Waals surface area contributed by atoms with Crippen molar-refractivity contribution in [1.82, 2.24) is 5.16 Å². The van der Waals surface area contributed by atoms with Crippen LogP contribution in [0.2, 0.25) is 0 Å². The molecule has 2 aromatic rings. The summed E-state index contributed by atoms with van der Waals surface area (Å²) >= 11 is 0. The predicted molar refractivity (Wildman–Crippen MR) is 84.2 cm³/mol. The summed E-state index contributed by atoms with van der Waals surface area (Å²) in [4.78, 5) is 14.7. The molecule has 0 amide bonds. The molecule has 0 saturated carbocycles. The number of hydrogen-bond acceptors (Lipinski definition) is 4. The number of aromatic nitrogens is 1. The minimum atomic E-state index is -0.976. The van der Waals surface area contributed by atoms with Crippen LogP contribution in [0.25, 0.3) is 16.8 Å². The van der Waals surface area contributed by atoms with Gasteiger partial charge in [-0.2, -0.15) is 0 Å². The van der Waals surface area contributed by atoms with Gasteiger partial charge in [-0.05, 0) is 31.3 Å². The van der Waals surface area contributed by atoms with Crippen LogP contribution < -0.4 is 0 Å². The molecule has 0 atom stereocenters. The molecule has 110 valence electrons. The minimum absolute atomic E-state index is 0.209. The van der Waals surface area contributed by atoms with Crippen molar-refractivity contribution in [3.63, 3.8) is 0 Å². The first-order chi connectivity index (χ1) is 10.0. The molecular formula is C16H18N2O3. The first kappa shape index (κ1) is 16.4. The Morgan fingerprint density at radius 1 is 1.29 bits per heavy atom. The third kappa shape index (κ3) is 3.45. The van der Waals surface area contributed by atoms with Gasteiger partial charge in [0.05, 0.1) is 5.56 Å². The second kappa shape index (κ2) is 7.19. The van der Waals surface area contributed by atoms with E-state index in [1.807, 2.05) is 13.8 Å². The van der Waals surface area contributed by atoms with Crippen LogP contribution in [-0.4, -0.2) is 23.0 Å². The van der Waals surface area contributed by atoms with Gasteiger partial charge >= 0.3 is 5.97 Å². The van der Waals surface area contributed by atoms with Gasteiger partial charge in [-0.3, -0.25) is 4.99 Å². The van der Waals surface area contributed by atoms with Crippen molar-refractivity contribution in [2.75, 3.05) is 0 Å². The van der Waals surface area contributed by atoms with Crippen molar-refractivity contribution in [3.8, 4) is 11.3 Å². The molecule has 21 heavy (non-hydrogen) atoms. The van der Waals surface area contributed by atoms with Gasteiger partial charge in [0, 0.05) is 5.56 Å². The Balaban J connectivity index is 0.00000106. The average Bonchev–Trinajstić information content (AvgIpc) is 2.93. The third-order valence-electron chi connectivity index (χ3n) is 2.62. The molecule has 0 unspecified atom stereocenters. The lowest BCUT2D eigenvalue weighted by Gasteiger charge is -1.99. The molecule has 0 aliphatic rings. The Labute approximate surface area is 123 Å². The fourth-order valence-corrected chi connectivity index (χ4v) is 1.67. The van der Waals surface area contributed by atoms with Gasteiger partial charge < -0.3 is 9.63 Å². The van der Waals surface area contributed by atoms with E-state index in [1.165, 1.54) is 12.1 Å². The fraction of sp³-hybridized carbons (Fsp3) is 0.188. The monoisotopic (exact) mass is 286 g/mol. The van der Waals surface area contributed by atoms with E-state index >= 15 is 0 Å². The van der Waals surface area contributed by atoms with Crippen LogP contribution >= 0.6 is 0 Å². The maximum Gasteiger partial charge on any atom is 0.335 e. The molecule has 2 rings (SSSR count). The van der Waals surface area contributed by atoms with E-state index in [0.29, 0.717) is 28.3 Å². The smallest absolute Gasteiger partial charge is 0.335 e. The van der Waals surface area contributed by atoms with Crippen molar-refractivity contribution < 1.29 is 14.4 Å². The van der Waals surface area contributed by atoms with Crippen LogP contribution in [0.5, 0.6) is 0 Å². The van der Waals surface area contributed by atoms with Crippen LogP contribution in [0.1, 0.15) is 36.9 Å². The van der Waals surface area contributed by atoms with Crippen molar-refractivity contribution in [2.45, 2.75) is 20.8 Å². The highest BCUT2D eigenvalue weighted by Gasteiger charge is 2.17. The number of benzene rings is 1. The van der Waals surface area contributed by atoms with Gasteiger partial charge in [0.1, 0.15) is 11.4 Å². The molecule has 0 bridgehead atoms. The molecule has 0 spiro atoms. The van der Waals surface area contributed by atoms with Gasteiger partial charge in [0.2, 0.25) is 0 Å². The highest BCUT2D eigenvalue weighted by molar-refractivity contribution is 5.89. The topological polar surface area (TPSA) is 75.7 Å². The van der Waals surface area contributed by atoms with Crippen molar-refractivity contribution >= 4 is 23.9 Å². The number of carboxylic acid groups (broad SMARTS) is 1. The van der Waals surface area contributed by atoms with Crippen molar-refractivity contribution in [2.24, 2.45) is 4.99 Å². The van der Waals surface area contributed by atoms with E-state index in [-0.39, 0.29) is 5.56 Å². The summed E-state index contributed by atoms with van der Waals surface area (Å²) in [5, 5.41) is 12.8. The van der Waals surface area contributed by atoms with Crippen LogP contribution in [0.15, 0.2) is 40.4 Å². The predicted octanol–water partition coefficient (Wildman–Crippen LogP) is 4.43. The number of nitrogens with zero attached hydrogens (tertiary/aromatic N) is 2. The molecule has 5 heteroatoms. The fourth-order valence-electron chi connectivity index (χ4n) is 1.67. The number of allylic oxidation sites excluding steroid dienone is 1. The summed E-state index contributed by atoms with van der Waals surface area (Å²) < 4.78 is 5.18. The second-order valence-corrected chi connectivity index (χ2v) is 4.03. The second-order valence-electron chi connectivity index (χ2n) is 4.03. The number of hydrogen-bond donors (Lipinski definition) is 1. The van der Waals surface area contributed by atoms with Gasteiger partial charge in [0.25, 0.3) is 0 Å². The molecule has 1 aromatic carbocycles. The third-order valence-corrected chi connectivity index (χ3v) is 2.62. The first-order valence-electron chi connectivity index (χ1n) is 6.50. The van der Waals surface area contributed by atoms with Gasteiger partial charge in [0.15, 0.2) is 5.76 Å². The molecule has 0 fully saturated rings. The summed E-state index contributed by atoms with van der Waals surface area (Å²) in [5.41, 5.74) is 2.65. The molecular weight excluding hydrogens is 268 g/mol. The average molecular weight is 286 g/mol. The molecule has 1 aromatic heterocycles. The van der Waals surface area contributed by atoms with Crippen LogP contribution in [0.3, 0.4) is 0 Å². The van der Waals surface area contributed by atoms with Crippen LogP contribution in [0, 0.1) is 0 Å². The first-order valence-corrected chi connectivity index (χ1v) is 6.50. The van der Waals surface area contributed by atoms with Gasteiger partial charge in [-0.25, -0.2) is 4.79 Å². The summed E-state index contributed by atoms with van der Waals surface area (Å²) in [7, 11) is 0. The lowest BCUT2D eigenvalue weighted by atomic mass is 10.1. The number of aromatic carboxylic acids is 1. The van der Waals surface area contributed by atoms with Crippen molar-refractivity contribution in [3.05, 3.63) is 42.2 Å². The largest absolute Gasteiger partial charge is 0.478 e. The zero-order valence-electron chi connectivity index (χ0n) is 12.4. The summed E-state index contributed by atoms with van der Waals surface area (Å²) in [6.07, 6.45) is 0. The number of aliphatic imine (C=N–C) groups is 1. The van der Waals surface area contributed by atoms with E-state index in [2.05, 4.69) is 23.4 Å². The number of carbonyl (C=O) groups is 1. The van der Waals surface area contributed by atoms with Crippen LogP contribution in [-0.2, 0) is 0 Å². The highest BCUT2D eigenvalue weighted by Crippen LogP contribution is 2.35. The van der Waals surface area contributed by atoms with Crippen LogP contribution in [0.4, 0.5) is 5.69 Å². The van der Waals surface area contributed by atoms with E-state index < -0.39 is 5.97 Å². The molecule has 0 saturated heterocycles. The SMILES string of the molecule is C=Nc1c(-c2ccc(C(=O)O)cc2)noc1C(=C)C.CC. The van der Waals surface area contributed by atoms with E-state index in [0.717, 1.165) is 0 Å². The Kier molecular flexibility index (Phi) is 5.60. The van der Waals surface area contributed by atoms with E-state index in [4.69, 9.17) is 9.63 Å². The molecule has 5 nitrogen and oxygen atoms in total. The Hall–Kier alpha value is -2.69. The van der Waals surface area contributed by atoms with Crippen molar-refractivity contribution in [1.29, 1.82) is 0 Å². The minimum Gasteiger partial charge on any atom is -0.478 e. The van der Waals surface area contributed by atoms with E-state index in [9.17, 15) is 4.79 Å². The Bertz CT molecular complexity index is 655. The molecule has 0 radical (unpaired) electrons. The van der Waals surface area contributed by atoms with Gasteiger partial charge in [-0.15, -0.1) is 0 Å². The lowest BCUT2D eigenvalue weighted by Crippen LogP contribution is -1.94. The van der Waals surface area contributed by atoms with E-state index in [1.54, 1.807) is 19.1 Å². The molecule has 1 heterocycles. The summed E-state index contributed by atoms with van der Waals surface area (Å²) in [6, 6.07) is 6.30. The Morgan fingerprint density at radius 3 is 2.29 bits per heavy atom. The standard InChI is InChI=1S/C14H12N2O3.C2H6/c1-8(2)13-12(15-3)11(16-19-13)9-4-6-10(7-5-9)14(17)18;1-2/h4-7H,1,3H2,2H3,(H,17,18);1-2H3. The highest BCUT2D eigenvalue weighted by atomic mass is 16.5. The maximum absolute atomic E-state index is 10.8. The zero-order valence-corrected chi connectivity index (χ0v) is 12.4. The summed E-state index contributed by atoms with van der Waals surface area (Å²) in [6.45, 7) is 13.1. The normalized spacial score (nSPS) is 9.48. The zero-order chi connectivity index (χ0) is 16.0. The summed E-state index contributed by atoms with van der Waals surface area (Å²) in [5.74, 6) is -0.497. The molecule has 0 aliphatic carbocycles. The Morgan fingerprint density at radius 2 is 1.86 bits per heavy atom. The lowest BCUT2D eigenvalue weighted by molar-refractivity contribution is 0.0697. The maximum atomic E-state index is 10.8. The number of carboxylic acids is 1. The van der Waals surface area contributed by atoms with Gasteiger partial charge in [-0.1, -0.05) is 37.7 Å². The molecule has 0 aliphatic heterocycles.